The van der Waals surface area contributed by atoms with Crippen LogP contribution in [0.3, 0.4) is 0 Å². The summed E-state index contributed by atoms with van der Waals surface area (Å²) in [6.45, 7) is 16.9. The van der Waals surface area contributed by atoms with E-state index in [1.54, 1.807) is 0 Å². The number of unbranched alkanes of at least 4 members (excludes halogenated alkanes) is 1. The van der Waals surface area contributed by atoms with Gasteiger partial charge < -0.3 is 13.0 Å². The standard InChI is InChI=1S/C13H32O3Si3/c1-17(2,3)15-19(7,16-18(4,5)6)11-9-8-10-13-12-14-13/h13H,8-12H2,1-7H3. The molecule has 114 valence electrons. The van der Waals surface area contributed by atoms with Gasteiger partial charge in [-0.15, -0.1) is 0 Å². The van der Waals surface area contributed by atoms with Crippen LogP contribution < -0.4 is 0 Å². The third kappa shape index (κ3) is 9.15. The quantitative estimate of drug-likeness (QED) is 0.360. The SMILES string of the molecule is C[Si](C)(C)O[Si](C)(CCCCC1CO1)O[Si](C)(C)C. The maximum atomic E-state index is 6.48. The monoisotopic (exact) mass is 320 g/mol. The maximum absolute atomic E-state index is 6.48. The van der Waals surface area contributed by atoms with Crippen LogP contribution in [0.4, 0.5) is 0 Å². The summed E-state index contributed by atoms with van der Waals surface area (Å²) < 4.78 is 18.2. The lowest BCUT2D eigenvalue weighted by atomic mass is 10.2. The van der Waals surface area contributed by atoms with E-state index in [1.807, 2.05) is 0 Å². The molecule has 0 amide bonds. The van der Waals surface area contributed by atoms with E-state index in [9.17, 15) is 0 Å². The van der Waals surface area contributed by atoms with Gasteiger partial charge in [0.25, 0.3) is 0 Å². The van der Waals surface area contributed by atoms with Gasteiger partial charge in [0.05, 0.1) is 12.7 Å². The van der Waals surface area contributed by atoms with E-state index in [1.165, 1.54) is 19.3 Å². The van der Waals surface area contributed by atoms with Crippen molar-refractivity contribution in [3.63, 3.8) is 0 Å². The fourth-order valence-electron chi connectivity index (χ4n) is 2.47. The van der Waals surface area contributed by atoms with Crippen molar-refractivity contribution in [2.24, 2.45) is 0 Å². The zero-order valence-electron chi connectivity index (χ0n) is 13.8. The van der Waals surface area contributed by atoms with Crippen LogP contribution in [-0.4, -0.2) is 37.9 Å². The predicted octanol–water partition coefficient (Wildman–Crippen LogP) is 4.33. The second-order valence-electron chi connectivity index (χ2n) is 7.76. The first kappa shape index (κ1) is 17.6. The molecule has 0 radical (unpaired) electrons. The lowest BCUT2D eigenvalue weighted by Gasteiger charge is -2.38. The molecule has 0 N–H and O–H groups in total. The van der Waals surface area contributed by atoms with Gasteiger partial charge in [-0.25, -0.2) is 0 Å². The second-order valence-corrected chi connectivity index (χ2v) is 20.6. The van der Waals surface area contributed by atoms with E-state index in [0.717, 1.165) is 12.7 Å². The van der Waals surface area contributed by atoms with Gasteiger partial charge in [-0.05, 0) is 58.3 Å². The van der Waals surface area contributed by atoms with Crippen LogP contribution >= 0.6 is 0 Å². The first-order chi connectivity index (χ1) is 8.49. The number of epoxide rings is 1. The maximum Gasteiger partial charge on any atom is 0.314 e. The molecule has 0 saturated carbocycles. The second kappa shape index (κ2) is 6.53. The molecular weight excluding hydrogens is 288 g/mol. The molecule has 6 heteroatoms. The predicted molar refractivity (Wildman–Crippen MR) is 88.9 cm³/mol. The van der Waals surface area contributed by atoms with Crippen LogP contribution in [0.2, 0.25) is 51.9 Å². The Morgan fingerprint density at radius 1 is 0.895 bits per heavy atom. The molecule has 1 fully saturated rings. The Bertz CT molecular complexity index is 264. The average molecular weight is 321 g/mol. The Morgan fingerprint density at radius 3 is 1.74 bits per heavy atom. The van der Waals surface area contributed by atoms with Crippen molar-refractivity contribution in [2.45, 2.75) is 77.2 Å². The zero-order chi connectivity index (χ0) is 14.7. The fourth-order valence-corrected chi connectivity index (χ4v) is 15.1. The number of hydrogen-bond acceptors (Lipinski definition) is 3. The van der Waals surface area contributed by atoms with Crippen LogP contribution in [0.5, 0.6) is 0 Å². The topological polar surface area (TPSA) is 31.0 Å². The molecule has 19 heavy (non-hydrogen) atoms. The third-order valence-corrected chi connectivity index (χ3v) is 12.5. The number of rotatable bonds is 9. The van der Waals surface area contributed by atoms with E-state index in [4.69, 9.17) is 13.0 Å². The molecule has 1 rings (SSSR count). The summed E-state index contributed by atoms with van der Waals surface area (Å²) in [5, 5.41) is 0. The number of ether oxygens (including phenoxy) is 1. The van der Waals surface area contributed by atoms with E-state index in [2.05, 4.69) is 45.8 Å². The summed E-state index contributed by atoms with van der Waals surface area (Å²) >= 11 is 0. The summed E-state index contributed by atoms with van der Waals surface area (Å²) in [7, 11) is -5.04. The average Bonchev–Trinajstić information content (AvgIpc) is 2.89. The highest BCUT2D eigenvalue weighted by Crippen LogP contribution is 2.27. The fraction of sp³-hybridized carbons (Fsp3) is 1.00. The van der Waals surface area contributed by atoms with Crippen LogP contribution in [-0.2, 0) is 13.0 Å². The smallest absolute Gasteiger partial charge is 0.314 e. The highest BCUT2D eigenvalue weighted by atomic mass is 28.5. The van der Waals surface area contributed by atoms with Crippen molar-refractivity contribution in [3.8, 4) is 0 Å². The Balaban J connectivity index is 2.46. The minimum atomic E-state index is -1.99. The van der Waals surface area contributed by atoms with Gasteiger partial charge in [0.2, 0.25) is 0 Å². The van der Waals surface area contributed by atoms with Crippen molar-refractivity contribution in [3.05, 3.63) is 0 Å². The van der Waals surface area contributed by atoms with Gasteiger partial charge >= 0.3 is 8.56 Å². The molecule has 0 aromatic carbocycles. The summed E-state index contributed by atoms with van der Waals surface area (Å²) in [5.74, 6) is 0. The van der Waals surface area contributed by atoms with Crippen molar-refractivity contribution < 1.29 is 13.0 Å². The van der Waals surface area contributed by atoms with Crippen molar-refractivity contribution >= 4 is 25.2 Å². The van der Waals surface area contributed by atoms with Gasteiger partial charge in [-0.1, -0.05) is 12.8 Å². The summed E-state index contributed by atoms with van der Waals surface area (Å²) in [4.78, 5) is 0. The van der Waals surface area contributed by atoms with E-state index in [-0.39, 0.29) is 0 Å². The van der Waals surface area contributed by atoms with Crippen molar-refractivity contribution in [1.29, 1.82) is 0 Å². The Morgan fingerprint density at radius 2 is 1.37 bits per heavy atom. The van der Waals surface area contributed by atoms with Gasteiger partial charge in [0.15, 0.2) is 16.6 Å². The minimum absolute atomic E-state index is 0.559. The van der Waals surface area contributed by atoms with Gasteiger partial charge in [-0.3, -0.25) is 0 Å². The third-order valence-electron chi connectivity index (χ3n) is 2.85. The molecule has 1 aliphatic rings. The molecule has 1 aliphatic heterocycles. The zero-order valence-corrected chi connectivity index (χ0v) is 16.8. The highest BCUT2D eigenvalue weighted by Gasteiger charge is 2.39. The molecule has 3 nitrogen and oxygen atoms in total. The molecule has 1 saturated heterocycles. The normalized spacial score (nSPS) is 20.7. The molecule has 0 bridgehead atoms. The van der Waals surface area contributed by atoms with E-state index in [0.29, 0.717) is 6.10 Å². The summed E-state index contributed by atoms with van der Waals surface area (Å²) in [5.41, 5.74) is 0. The highest BCUT2D eigenvalue weighted by molar-refractivity contribution is 6.87. The van der Waals surface area contributed by atoms with E-state index < -0.39 is 25.2 Å². The van der Waals surface area contributed by atoms with Crippen LogP contribution in [0.15, 0.2) is 0 Å². The number of hydrogen-bond donors (Lipinski definition) is 0. The summed E-state index contributed by atoms with van der Waals surface area (Å²) in [6, 6.07) is 1.13. The molecule has 0 aromatic rings. The van der Waals surface area contributed by atoms with Crippen LogP contribution in [0, 0.1) is 0 Å². The van der Waals surface area contributed by atoms with Crippen molar-refractivity contribution in [1.82, 2.24) is 0 Å². The molecule has 0 spiro atoms. The Hall–Kier alpha value is 0.531. The lowest BCUT2D eigenvalue weighted by Crippen LogP contribution is -2.52. The van der Waals surface area contributed by atoms with Gasteiger partial charge in [0.1, 0.15) is 0 Å². The minimum Gasteiger partial charge on any atom is -0.437 e. The molecule has 0 aliphatic carbocycles. The molecule has 0 aromatic heterocycles. The first-order valence-corrected chi connectivity index (χ1v) is 16.9. The Kier molecular flexibility index (Phi) is 6.04. The van der Waals surface area contributed by atoms with Gasteiger partial charge in [0, 0.05) is 0 Å². The van der Waals surface area contributed by atoms with E-state index >= 15 is 0 Å². The van der Waals surface area contributed by atoms with Crippen molar-refractivity contribution in [2.75, 3.05) is 6.61 Å². The lowest BCUT2D eigenvalue weighted by molar-refractivity contribution is 0.372. The van der Waals surface area contributed by atoms with Crippen LogP contribution in [0.1, 0.15) is 19.3 Å². The van der Waals surface area contributed by atoms with Crippen LogP contribution in [0.25, 0.3) is 0 Å². The first-order valence-electron chi connectivity index (χ1n) is 7.51. The summed E-state index contributed by atoms with van der Waals surface area (Å²) in [6.07, 6.45) is 4.24. The Labute approximate surface area is 122 Å². The van der Waals surface area contributed by atoms with Gasteiger partial charge in [-0.2, -0.15) is 0 Å². The molecule has 1 heterocycles. The molecule has 1 atom stereocenters. The molecular formula is C13H32O3Si3. The molecule has 1 unspecified atom stereocenters. The largest absolute Gasteiger partial charge is 0.437 e.